The summed E-state index contributed by atoms with van der Waals surface area (Å²) in [6.45, 7) is 2.24. The van der Waals surface area contributed by atoms with E-state index in [-0.39, 0.29) is 18.2 Å². The molecule has 1 unspecified atom stereocenters. The van der Waals surface area contributed by atoms with Crippen molar-refractivity contribution in [3.05, 3.63) is 35.9 Å². The third-order valence-corrected chi connectivity index (χ3v) is 4.82. The van der Waals surface area contributed by atoms with Gasteiger partial charge in [0.05, 0.1) is 5.71 Å². The highest BCUT2D eigenvalue weighted by Gasteiger charge is 2.53. The summed E-state index contributed by atoms with van der Waals surface area (Å²) in [6, 6.07) is 7.83. The summed E-state index contributed by atoms with van der Waals surface area (Å²) in [5.74, 6) is 0.327. The molecule has 3 aliphatic heterocycles. The number of carbonyl (C=O) groups excluding carboxylic acids is 3. The molecule has 4 rings (SSSR count). The Balaban J connectivity index is 1.69. The van der Waals surface area contributed by atoms with Crippen molar-refractivity contribution < 1.29 is 19.0 Å². The van der Waals surface area contributed by atoms with Crippen LogP contribution in [-0.4, -0.2) is 87.8 Å². The zero-order chi connectivity index (χ0) is 19.3. The highest BCUT2D eigenvalue weighted by atomic mass is 16.2. The van der Waals surface area contributed by atoms with Crippen LogP contribution in [0.2, 0.25) is 0 Å². The van der Waals surface area contributed by atoms with E-state index in [0.717, 1.165) is 10.6 Å². The zero-order valence-corrected chi connectivity index (χ0v) is 15.3. The summed E-state index contributed by atoms with van der Waals surface area (Å²) >= 11 is 0. The van der Waals surface area contributed by atoms with E-state index in [1.54, 1.807) is 35.9 Å². The number of benzene rings is 1. The predicted octanol–water partition coefficient (Wildman–Crippen LogP) is 0.234. The number of rotatable bonds is 3. The van der Waals surface area contributed by atoms with Gasteiger partial charge in [0.25, 0.3) is 5.91 Å². The van der Waals surface area contributed by atoms with Gasteiger partial charge in [0.2, 0.25) is 11.9 Å². The van der Waals surface area contributed by atoms with Crippen LogP contribution in [0.1, 0.15) is 17.3 Å². The van der Waals surface area contributed by atoms with Gasteiger partial charge >= 0.3 is 12.0 Å². The lowest BCUT2D eigenvalue weighted by Gasteiger charge is -2.32. The summed E-state index contributed by atoms with van der Waals surface area (Å²) in [4.78, 5) is 44.5. The third kappa shape index (κ3) is 2.62. The highest BCUT2D eigenvalue weighted by Crippen LogP contribution is 2.22. The van der Waals surface area contributed by atoms with Gasteiger partial charge in [0.1, 0.15) is 6.54 Å². The van der Waals surface area contributed by atoms with E-state index in [1.807, 2.05) is 13.0 Å². The number of Topliss-reactive ketones (excluding diaryl/α,β-unsaturated/α-hetero) is 1. The highest BCUT2D eigenvalue weighted by molar-refractivity contribution is 6.23. The van der Waals surface area contributed by atoms with Crippen LogP contribution in [0.25, 0.3) is 0 Å². The molecule has 0 N–H and O–H groups in total. The summed E-state index contributed by atoms with van der Waals surface area (Å²) in [5, 5.41) is 5.96. The van der Waals surface area contributed by atoms with E-state index < -0.39 is 12.1 Å². The van der Waals surface area contributed by atoms with E-state index in [9.17, 15) is 14.4 Å². The van der Waals surface area contributed by atoms with Crippen LogP contribution in [0.5, 0.6) is 0 Å². The number of carbonyl (C=O) groups is 3. The summed E-state index contributed by atoms with van der Waals surface area (Å²) in [7, 11) is 3.04. The first-order chi connectivity index (χ1) is 12.9. The van der Waals surface area contributed by atoms with Gasteiger partial charge in [-0.15, -0.1) is 10.1 Å². The van der Waals surface area contributed by atoms with Crippen LogP contribution in [0.3, 0.4) is 0 Å². The quantitative estimate of drug-likeness (QED) is 0.565. The molecule has 1 aromatic carbocycles. The second-order valence-electron chi connectivity index (χ2n) is 6.72. The number of nitrogens with zero attached hydrogens (tertiary/aromatic N) is 6. The number of guanidine groups is 1. The van der Waals surface area contributed by atoms with Gasteiger partial charge in [-0.3, -0.25) is 19.4 Å². The maximum absolute atomic E-state index is 12.7. The van der Waals surface area contributed by atoms with E-state index in [2.05, 4.69) is 10.1 Å². The summed E-state index contributed by atoms with van der Waals surface area (Å²) in [5.41, 5.74) is 1.33. The van der Waals surface area contributed by atoms with E-state index in [0.29, 0.717) is 23.9 Å². The average Bonchev–Trinajstić information content (AvgIpc) is 3.05. The lowest BCUT2D eigenvalue weighted by atomic mass is 10.1. The smallest absolute Gasteiger partial charge is 0.290 e. The van der Waals surface area contributed by atoms with Crippen LogP contribution in [0.15, 0.2) is 40.4 Å². The molecule has 9 heteroatoms. The number of amides is 3. The summed E-state index contributed by atoms with van der Waals surface area (Å²) < 4.78 is 1.79. The molecule has 0 aromatic heterocycles. The topological polar surface area (TPSA) is 88.7 Å². The van der Waals surface area contributed by atoms with Gasteiger partial charge in [0.15, 0.2) is 12.3 Å². The molecule has 138 valence electrons. The number of amidine groups is 1. The Morgan fingerprint density at radius 3 is 2.59 bits per heavy atom. The minimum atomic E-state index is -0.688. The fourth-order valence-corrected chi connectivity index (χ4v) is 3.44. The Morgan fingerprint density at radius 1 is 1.19 bits per heavy atom. The SMILES string of the molecule is CC1=NN(CC(=O)c2ccccc2)C2=[N+](C1)C1C(=O)N(C)C(=O)N(C)C1=N2. The molecule has 0 radical (unpaired) electrons. The lowest BCUT2D eigenvalue weighted by molar-refractivity contribution is -0.527. The van der Waals surface area contributed by atoms with Crippen LogP contribution in [-0.2, 0) is 4.79 Å². The number of imide groups is 1. The van der Waals surface area contributed by atoms with Crippen molar-refractivity contribution >= 4 is 35.2 Å². The van der Waals surface area contributed by atoms with E-state index in [1.165, 1.54) is 17.0 Å². The number of fused-ring (bicyclic) bond motifs is 2. The number of hydrogen-bond acceptors (Lipinski definition) is 6. The van der Waals surface area contributed by atoms with Gasteiger partial charge in [-0.2, -0.15) is 0 Å². The zero-order valence-electron chi connectivity index (χ0n) is 15.3. The molecular weight excluding hydrogens is 348 g/mol. The Hall–Kier alpha value is -3.36. The van der Waals surface area contributed by atoms with Crippen molar-refractivity contribution in [3.8, 4) is 0 Å². The molecule has 0 aliphatic carbocycles. The van der Waals surface area contributed by atoms with Crippen molar-refractivity contribution in [1.29, 1.82) is 0 Å². The molecule has 3 heterocycles. The normalized spacial score (nSPS) is 21.9. The molecule has 1 aromatic rings. The lowest BCUT2D eigenvalue weighted by Crippen LogP contribution is -2.62. The van der Waals surface area contributed by atoms with Crippen molar-refractivity contribution in [1.82, 2.24) is 14.8 Å². The minimum absolute atomic E-state index is 0.00161. The standard InChI is InChI=1S/C18H19N6O3/c1-11-9-23-14-15(21(2)18(27)22(3)16(14)26)19-17(23)24(20-11)10-13(25)12-7-5-4-6-8-12/h4-8,14H,9-10H2,1-3H3/q+1. The Kier molecular flexibility index (Phi) is 3.87. The van der Waals surface area contributed by atoms with Gasteiger partial charge in [-0.05, 0) is 6.92 Å². The molecule has 9 nitrogen and oxygen atoms in total. The van der Waals surface area contributed by atoms with Crippen molar-refractivity contribution in [3.63, 3.8) is 0 Å². The fraction of sp³-hybridized carbons (Fsp3) is 0.333. The van der Waals surface area contributed by atoms with Crippen LogP contribution in [0.4, 0.5) is 4.79 Å². The molecule has 27 heavy (non-hydrogen) atoms. The van der Waals surface area contributed by atoms with Crippen molar-refractivity contribution in [2.24, 2.45) is 10.1 Å². The molecule has 1 saturated heterocycles. The van der Waals surface area contributed by atoms with E-state index >= 15 is 0 Å². The number of likely N-dealkylation sites (N-methyl/N-ethyl adjacent to an activating group) is 2. The van der Waals surface area contributed by atoms with Crippen molar-refractivity contribution in [2.75, 3.05) is 27.2 Å². The number of hydrazone groups is 1. The van der Waals surface area contributed by atoms with Crippen LogP contribution >= 0.6 is 0 Å². The van der Waals surface area contributed by atoms with Crippen LogP contribution < -0.4 is 0 Å². The van der Waals surface area contributed by atoms with Crippen molar-refractivity contribution in [2.45, 2.75) is 13.0 Å². The second-order valence-corrected chi connectivity index (χ2v) is 6.72. The number of aliphatic imine (C=N–C) groups is 1. The first-order valence-corrected chi connectivity index (χ1v) is 8.56. The average molecular weight is 367 g/mol. The van der Waals surface area contributed by atoms with Gasteiger partial charge in [-0.25, -0.2) is 9.37 Å². The van der Waals surface area contributed by atoms with Gasteiger partial charge in [0, 0.05) is 19.7 Å². The molecule has 0 spiro atoms. The predicted molar refractivity (Wildman–Crippen MR) is 97.9 cm³/mol. The monoisotopic (exact) mass is 367 g/mol. The Bertz CT molecular complexity index is 949. The molecule has 1 atom stereocenters. The molecule has 0 saturated carbocycles. The largest absolute Gasteiger partial charge is 0.417 e. The molecule has 3 amide bonds. The fourth-order valence-electron chi connectivity index (χ4n) is 3.44. The minimum Gasteiger partial charge on any atom is -0.290 e. The molecule has 3 aliphatic rings. The Morgan fingerprint density at radius 2 is 1.89 bits per heavy atom. The number of hydrogen-bond donors (Lipinski definition) is 0. The van der Waals surface area contributed by atoms with E-state index in [4.69, 9.17) is 0 Å². The first-order valence-electron chi connectivity index (χ1n) is 8.56. The Labute approximate surface area is 155 Å². The van der Waals surface area contributed by atoms with Gasteiger partial charge < -0.3 is 0 Å². The molecular formula is C18H19N6O3+. The van der Waals surface area contributed by atoms with Crippen LogP contribution in [0, 0.1) is 0 Å². The van der Waals surface area contributed by atoms with Gasteiger partial charge in [-0.1, -0.05) is 35.3 Å². The third-order valence-electron chi connectivity index (χ3n) is 4.82. The maximum Gasteiger partial charge on any atom is 0.417 e. The molecule has 0 bridgehead atoms. The number of ketones is 1. The first kappa shape index (κ1) is 17.1. The molecule has 1 fully saturated rings. The second kappa shape index (κ2) is 6.11. The summed E-state index contributed by atoms with van der Waals surface area (Å²) in [6.07, 6.45) is 0. The number of urea groups is 1. The maximum atomic E-state index is 12.7.